The molecular weight excluding hydrogens is 242 g/mol. The van der Waals surface area contributed by atoms with Crippen molar-refractivity contribution >= 4 is 0 Å². The van der Waals surface area contributed by atoms with Gasteiger partial charge in [0.1, 0.15) is 0 Å². The topological polar surface area (TPSA) is 12.0 Å². The number of hydrogen-bond donors (Lipinski definition) is 1. The van der Waals surface area contributed by atoms with Gasteiger partial charge in [0.15, 0.2) is 0 Å². The standard InChI is InChI=1S/C19H31N/c1-3-5-10-18(14-16-9-8-13-20-15-16)19-12-7-6-11-17(19)4-2/h6-7,11-12,16,18,20H,3-5,8-10,13-15H2,1-2H3. The highest BCUT2D eigenvalue weighted by molar-refractivity contribution is 5.30. The summed E-state index contributed by atoms with van der Waals surface area (Å²) in [7, 11) is 0. The normalized spacial score (nSPS) is 20.8. The fourth-order valence-corrected chi connectivity index (χ4v) is 3.63. The molecule has 0 spiro atoms. The summed E-state index contributed by atoms with van der Waals surface area (Å²) in [6.45, 7) is 7.06. The minimum atomic E-state index is 0.774. The zero-order chi connectivity index (χ0) is 14.2. The average Bonchev–Trinajstić information content (AvgIpc) is 2.52. The van der Waals surface area contributed by atoms with Crippen LogP contribution < -0.4 is 5.32 Å². The van der Waals surface area contributed by atoms with E-state index in [0.717, 1.165) is 11.8 Å². The molecule has 1 fully saturated rings. The van der Waals surface area contributed by atoms with E-state index in [4.69, 9.17) is 0 Å². The van der Waals surface area contributed by atoms with Gasteiger partial charge < -0.3 is 5.32 Å². The van der Waals surface area contributed by atoms with Crippen molar-refractivity contribution < 1.29 is 0 Å². The summed E-state index contributed by atoms with van der Waals surface area (Å²) in [6.07, 6.45) is 9.37. The quantitative estimate of drug-likeness (QED) is 0.744. The van der Waals surface area contributed by atoms with Crippen LogP contribution in [-0.4, -0.2) is 13.1 Å². The van der Waals surface area contributed by atoms with Crippen molar-refractivity contribution in [2.24, 2.45) is 5.92 Å². The van der Waals surface area contributed by atoms with E-state index in [1.165, 1.54) is 58.0 Å². The third kappa shape index (κ3) is 4.34. The molecule has 1 saturated heterocycles. The predicted molar refractivity (Wildman–Crippen MR) is 88.3 cm³/mol. The summed E-state index contributed by atoms with van der Waals surface area (Å²) >= 11 is 0. The summed E-state index contributed by atoms with van der Waals surface area (Å²) in [6, 6.07) is 9.14. The number of piperidine rings is 1. The van der Waals surface area contributed by atoms with E-state index in [1.54, 1.807) is 11.1 Å². The predicted octanol–water partition coefficient (Wildman–Crippen LogP) is 4.91. The first-order chi connectivity index (χ1) is 9.85. The van der Waals surface area contributed by atoms with E-state index in [2.05, 4.69) is 43.4 Å². The van der Waals surface area contributed by atoms with Crippen LogP contribution in [-0.2, 0) is 6.42 Å². The molecule has 1 N–H and O–H groups in total. The second-order valence-corrected chi connectivity index (χ2v) is 6.34. The van der Waals surface area contributed by atoms with Crippen molar-refractivity contribution in [3.05, 3.63) is 35.4 Å². The summed E-state index contributed by atoms with van der Waals surface area (Å²) < 4.78 is 0. The Balaban J connectivity index is 2.08. The van der Waals surface area contributed by atoms with E-state index in [1.807, 2.05) is 0 Å². The number of hydrogen-bond acceptors (Lipinski definition) is 1. The van der Waals surface area contributed by atoms with Crippen molar-refractivity contribution in [1.82, 2.24) is 5.32 Å². The lowest BCUT2D eigenvalue weighted by atomic mass is 9.80. The van der Waals surface area contributed by atoms with Crippen molar-refractivity contribution in [3.63, 3.8) is 0 Å². The lowest BCUT2D eigenvalue weighted by Gasteiger charge is -2.28. The van der Waals surface area contributed by atoms with Gasteiger partial charge in [0, 0.05) is 0 Å². The number of nitrogens with one attached hydrogen (secondary N) is 1. The molecule has 1 aromatic rings. The van der Waals surface area contributed by atoms with E-state index in [9.17, 15) is 0 Å². The molecule has 1 aliphatic heterocycles. The molecule has 2 rings (SSSR count). The molecule has 0 saturated carbocycles. The molecule has 1 nitrogen and oxygen atoms in total. The maximum Gasteiger partial charge on any atom is -0.00203 e. The SMILES string of the molecule is CCCCC(CC1CCCNC1)c1ccccc1CC. The van der Waals surface area contributed by atoms with Crippen LogP contribution in [0, 0.1) is 5.92 Å². The fraction of sp³-hybridized carbons (Fsp3) is 0.684. The van der Waals surface area contributed by atoms with E-state index < -0.39 is 0 Å². The highest BCUT2D eigenvalue weighted by Crippen LogP contribution is 2.33. The van der Waals surface area contributed by atoms with Gasteiger partial charge in [0.05, 0.1) is 0 Å². The van der Waals surface area contributed by atoms with Crippen molar-refractivity contribution in [2.75, 3.05) is 13.1 Å². The maximum atomic E-state index is 3.58. The molecule has 1 aliphatic rings. The first-order valence-electron chi connectivity index (χ1n) is 8.63. The largest absolute Gasteiger partial charge is 0.316 e. The van der Waals surface area contributed by atoms with Gasteiger partial charge in [0.25, 0.3) is 0 Å². The van der Waals surface area contributed by atoms with E-state index in [0.29, 0.717) is 0 Å². The number of benzene rings is 1. The molecule has 20 heavy (non-hydrogen) atoms. The van der Waals surface area contributed by atoms with E-state index in [-0.39, 0.29) is 0 Å². The van der Waals surface area contributed by atoms with Crippen molar-refractivity contribution in [3.8, 4) is 0 Å². The molecule has 0 aromatic heterocycles. The summed E-state index contributed by atoms with van der Waals surface area (Å²) in [4.78, 5) is 0. The highest BCUT2D eigenvalue weighted by Gasteiger charge is 2.21. The van der Waals surface area contributed by atoms with Crippen molar-refractivity contribution in [1.29, 1.82) is 0 Å². The molecule has 0 radical (unpaired) electrons. The zero-order valence-corrected chi connectivity index (χ0v) is 13.3. The minimum Gasteiger partial charge on any atom is -0.316 e. The Morgan fingerprint density at radius 2 is 2.10 bits per heavy atom. The molecule has 1 aromatic carbocycles. The maximum absolute atomic E-state index is 3.58. The van der Waals surface area contributed by atoms with E-state index >= 15 is 0 Å². The molecule has 0 amide bonds. The molecule has 2 atom stereocenters. The van der Waals surface area contributed by atoms with Crippen LogP contribution in [0.1, 0.15) is 69.4 Å². The summed E-state index contributed by atoms with van der Waals surface area (Å²) in [5.41, 5.74) is 3.20. The number of rotatable bonds is 7. The Labute approximate surface area is 125 Å². The highest BCUT2D eigenvalue weighted by atomic mass is 14.9. The van der Waals surface area contributed by atoms with Gasteiger partial charge in [-0.1, -0.05) is 51.0 Å². The van der Waals surface area contributed by atoms with Crippen LogP contribution in [0.3, 0.4) is 0 Å². The Bertz CT molecular complexity index is 379. The van der Waals surface area contributed by atoms with Crippen LogP contribution in [0.2, 0.25) is 0 Å². The molecule has 2 unspecified atom stereocenters. The lowest BCUT2D eigenvalue weighted by Crippen LogP contribution is -2.30. The second kappa shape index (κ2) is 8.46. The van der Waals surface area contributed by atoms with Crippen LogP contribution in [0.4, 0.5) is 0 Å². The zero-order valence-electron chi connectivity index (χ0n) is 13.3. The van der Waals surface area contributed by atoms with Crippen molar-refractivity contribution in [2.45, 2.75) is 64.7 Å². The Morgan fingerprint density at radius 3 is 2.80 bits per heavy atom. The first-order valence-corrected chi connectivity index (χ1v) is 8.63. The fourth-order valence-electron chi connectivity index (χ4n) is 3.63. The van der Waals surface area contributed by atoms with Gasteiger partial charge in [-0.2, -0.15) is 0 Å². The molecule has 1 heteroatoms. The average molecular weight is 273 g/mol. The molecule has 112 valence electrons. The van der Waals surface area contributed by atoms with Gasteiger partial charge >= 0.3 is 0 Å². The molecule has 0 bridgehead atoms. The number of unbranched alkanes of at least 4 members (excludes halogenated alkanes) is 1. The van der Waals surface area contributed by atoms with Gasteiger partial charge in [-0.25, -0.2) is 0 Å². The lowest BCUT2D eigenvalue weighted by molar-refractivity contribution is 0.326. The Morgan fingerprint density at radius 1 is 1.25 bits per heavy atom. The Kier molecular flexibility index (Phi) is 6.59. The van der Waals surface area contributed by atoms with Gasteiger partial charge in [0.2, 0.25) is 0 Å². The second-order valence-electron chi connectivity index (χ2n) is 6.34. The minimum absolute atomic E-state index is 0.774. The van der Waals surface area contributed by atoms with Crippen LogP contribution in [0.25, 0.3) is 0 Å². The Hall–Kier alpha value is -0.820. The number of aryl methyl sites for hydroxylation is 1. The third-order valence-corrected chi connectivity index (χ3v) is 4.80. The molecule has 0 aliphatic carbocycles. The smallest absolute Gasteiger partial charge is 0.00203 e. The van der Waals surface area contributed by atoms with Crippen LogP contribution in [0.15, 0.2) is 24.3 Å². The first kappa shape index (κ1) is 15.6. The third-order valence-electron chi connectivity index (χ3n) is 4.80. The monoisotopic (exact) mass is 273 g/mol. The molecule has 1 heterocycles. The summed E-state index contributed by atoms with van der Waals surface area (Å²) in [5, 5.41) is 3.58. The van der Waals surface area contributed by atoms with Gasteiger partial charge in [-0.15, -0.1) is 0 Å². The summed E-state index contributed by atoms with van der Waals surface area (Å²) in [5.74, 6) is 1.66. The van der Waals surface area contributed by atoms with Crippen LogP contribution in [0.5, 0.6) is 0 Å². The van der Waals surface area contributed by atoms with Gasteiger partial charge in [-0.3, -0.25) is 0 Å². The van der Waals surface area contributed by atoms with Gasteiger partial charge in [-0.05, 0) is 68.2 Å². The molecular formula is C19H31N. The van der Waals surface area contributed by atoms with Crippen LogP contribution >= 0.6 is 0 Å².